The van der Waals surface area contributed by atoms with E-state index in [0.29, 0.717) is 0 Å². The molecule has 11 rings (SSSR count). The summed E-state index contributed by atoms with van der Waals surface area (Å²) in [5.41, 5.74) is 18.0. The van der Waals surface area contributed by atoms with E-state index in [1.165, 1.54) is 72.2 Å². The molecule has 8 aromatic rings. The third-order valence-corrected chi connectivity index (χ3v) is 14.7. The van der Waals surface area contributed by atoms with Crippen molar-refractivity contribution in [2.75, 3.05) is 9.80 Å². The number of fused-ring (bicyclic) bond motifs is 9. The van der Waals surface area contributed by atoms with E-state index >= 15 is 0 Å². The number of hydrogen-bond acceptors (Lipinski definition) is 4. The Morgan fingerprint density at radius 1 is 0.468 bits per heavy atom. The van der Waals surface area contributed by atoms with E-state index in [1.807, 2.05) is 12.4 Å². The largest absolute Gasteiger partial charge is 0.310 e. The van der Waals surface area contributed by atoms with Crippen molar-refractivity contribution in [2.45, 2.75) is 110 Å². The number of hydrogen-bond donors (Lipinski definition) is 0. The highest BCUT2D eigenvalue weighted by Crippen LogP contribution is 2.61. The van der Waals surface area contributed by atoms with Gasteiger partial charge in [0.05, 0.1) is 22.4 Å². The van der Waals surface area contributed by atoms with E-state index in [4.69, 9.17) is 9.97 Å². The first-order valence-electron chi connectivity index (χ1n) is 22.3. The van der Waals surface area contributed by atoms with Crippen LogP contribution < -0.4 is 9.80 Å². The highest BCUT2D eigenvalue weighted by Gasteiger charge is 2.47. The molecule has 0 radical (unpaired) electrons. The first-order valence-corrected chi connectivity index (χ1v) is 22.3. The predicted octanol–water partition coefficient (Wildman–Crippen LogP) is 15.0. The summed E-state index contributed by atoms with van der Waals surface area (Å²) >= 11 is 0. The van der Waals surface area contributed by atoms with Crippen LogP contribution in [0, 0.1) is 0 Å². The first kappa shape index (κ1) is 38.7. The van der Waals surface area contributed by atoms with Gasteiger partial charge in [0.1, 0.15) is 11.6 Å². The summed E-state index contributed by atoms with van der Waals surface area (Å²) in [6.07, 6.45) is 3.90. The second-order valence-electron chi connectivity index (χ2n) is 21.7. The average molecular weight is 812 g/mol. The van der Waals surface area contributed by atoms with Gasteiger partial charge in [0, 0.05) is 67.6 Å². The normalized spacial score (nSPS) is 16.4. The lowest BCUT2D eigenvalue weighted by atomic mass is 9.65. The maximum Gasteiger partial charge on any atom is 0.141 e. The number of pyridine rings is 2. The summed E-state index contributed by atoms with van der Waals surface area (Å²) in [6, 6.07) is 43.6. The molecular weight excluding hydrogens is 755 g/mol. The lowest BCUT2D eigenvalue weighted by Gasteiger charge is -2.49. The minimum Gasteiger partial charge on any atom is -0.310 e. The second kappa shape index (κ2) is 12.5. The monoisotopic (exact) mass is 811 g/mol. The molecule has 0 fully saturated rings. The van der Waals surface area contributed by atoms with Crippen molar-refractivity contribution in [2.24, 2.45) is 0 Å². The van der Waals surface area contributed by atoms with Crippen LogP contribution in [0.25, 0.3) is 27.6 Å². The quantitative estimate of drug-likeness (QED) is 0.178. The van der Waals surface area contributed by atoms with Gasteiger partial charge in [-0.1, -0.05) is 144 Å². The van der Waals surface area contributed by atoms with Crippen LogP contribution in [0.4, 0.5) is 34.3 Å². The van der Waals surface area contributed by atoms with Crippen LogP contribution in [-0.2, 0) is 27.1 Å². The second-order valence-corrected chi connectivity index (χ2v) is 21.7. The van der Waals surface area contributed by atoms with Gasteiger partial charge in [0.2, 0.25) is 0 Å². The van der Waals surface area contributed by atoms with E-state index in [1.54, 1.807) is 0 Å². The Kier molecular flexibility index (Phi) is 7.78. The minimum atomic E-state index is -0.263. The molecule has 0 aliphatic carbocycles. The fourth-order valence-electron chi connectivity index (χ4n) is 11.0. The van der Waals surface area contributed by atoms with E-state index in [-0.39, 0.29) is 27.1 Å². The molecule has 0 spiro atoms. The highest BCUT2D eigenvalue weighted by atomic mass is 15.2. The summed E-state index contributed by atoms with van der Waals surface area (Å²) in [6.45, 7) is 28.2. The van der Waals surface area contributed by atoms with Gasteiger partial charge in [-0.3, -0.25) is 9.47 Å². The standard InChI is InChI=1S/C57H57N5/c1-53(2,3)34-28-40-39-24-22-37(32-47(39)61-49(40)44(29-34)56(9,10)42-20-16-26-58-51(42)61)60(36-18-14-13-15-19-36)38-23-25-41-48(33-38)62-50-45(55(41,7)8)30-35(54(4,5)6)31-46(50)57(11,12)43-21-17-27-59-52(43)62/h13-33H,1-12H3. The molecule has 3 aliphatic heterocycles. The van der Waals surface area contributed by atoms with Crippen LogP contribution in [0.1, 0.15) is 128 Å². The van der Waals surface area contributed by atoms with Crippen LogP contribution >= 0.6 is 0 Å². The fourth-order valence-corrected chi connectivity index (χ4v) is 11.0. The molecule has 0 unspecified atom stereocenters. The molecular formula is C57H57N5. The Bertz CT molecular complexity index is 3170. The topological polar surface area (TPSA) is 37.2 Å². The summed E-state index contributed by atoms with van der Waals surface area (Å²) in [5.74, 6) is 2.02. The highest BCUT2D eigenvalue weighted by molar-refractivity contribution is 6.13. The molecule has 5 nitrogen and oxygen atoms in total. The number of benzene rings is 5. The first-order chi connectivity index (χ1) is 29.3. The molecule has 0 saturated carbocycles. The van der Waals surface area contributed by atoms with Crippen molar-refractivity contribution >= 4 is 56.1 Å². The Labute approximate surface area is 367 Å². The molecule has 0 atom stereocenters. The summed E-state index contributed by atoms with van der Waals surface area (Å²) in [4.78, 5) is 15.2. The summed E-state index contributed by atoms with van der Waals surface area (Å²) in [7, 11) is 0. The van der Waals surface area contributed by atoms with Crippen molar-refractivity contribution in [3.63, 3.8) is 0 Å². The smallest absolute Gasteiger partial charge is 0.141 e. The zero-order valence-electron chi connectivity index (χ0n) is 38.4. The predicted molar refractivity (Wildman–Crippen MR) is 260 cm³/mol. The SMILES string of the molecule is CC(C)(C)c1cc2c3c(c1)C(C)(C)c1cccnc1N3c1cc(N(c3ccccc3)c3ccc4c5cc(C(C)(C)C)cc6c5n(c4c3)-c3ncccc3C6(C)C)ccc1C2(C)C. The average Bonchev–Trinajstić information content (AvgIpc) is 3.56. The van der Waals surface area contributed by atoms with Crippen molar-refractivity contribution in [1.82, 2.24) is 14.5 Å². The molecule has 0 amide bonds. The number of nitrogens with zero attached hydrogens (tertiary/aromatic N) is 5. The molecule has 0 bridgehead atoms. The zero-order valence-corrected chi connectivity index (χ0v) is 38.4. The van der Waals surface area contributed by atoms with Gasteiger partial charge in [-0.05, 0) is 98.8 Å². The van der Waals surface area contributed by atoms with E-state index in [0.717, 1.165) is 34.2 Å². The summed E-state index contributed by atoms with van der Waals surface area (Å²) in [5, 5.41) is 2.52. The van der Waals surface area contributed by atoms with Gasteiger partial charge in [0.15, 0.2) is 0 Å². The van der Waals surface area contributed by atoms with E-state index in [2.05, 4.69) is 213 Å². The molecule has 62 heavy (non-hydrogen) atoms. The van der Waals surface area contributed by atoms with Crippen LogP contribution in [0.2, 0.25) is 0 Å². The Balaban J connectivity index is 1.17. The number of rotatable bonds is 3. The molecule has 3 aliphatic rings. The van der Waals surface area contributed by atoms with Gasteiger partial charge in [-0.25, -0.2) is 9.97 Å². The minimum absolute atomic E-state index is 0.00568. The molecule has 0 N–H and O–H groups in total. The van der Waals surface area contributed by atoms with Crippen molar-refractivity contribution < 1.29 is 0 Å². The van der Waals surface area contributed by atoms with Crippen molar-refractivity contribution in [3.05, 3.63) is 172 Å². The maximum atomic E-state index is 5.19. The molecule has 3 aromatic heterocycles. The van der Waals surface area contributed by atoms with Crippen LogP contribution in [0.3, 0.4) is 0 Å². The van der Waals surface area contributed by atoms with Gasteiger partial charge < -0.3 is 4.90 Å². The molecule has 0 saturated heterocycles. The third kappa shape index (κ3) is 5.20. The van der Waals surface area contributed by atoms with Gasteiger partial charge in [-0.2, -0.15) is 0 Å². The fraction of sp³-hybridized carbons (Fsp3) is 0.298. The maximum absolute atomic E-state index is 5.19. The Morgan fingerprint density at radius 3 is 1.68 bits per heavy atom. The van der Waals surface area contributed by atoms with Crippen molar-refractivity contribution in [3.8, 4) is 5.82 Å². The van der Waals surface area contributed by atoms with Gasteiger partial charge in [0.25, 0.3) is 0 Å². The van der Waals surface area contributed by atoms with Crippen molar-refractivity contribution in [1.29, 1.82) is 0 Å². The molecule has 5 aromatic carbocycles. The molecule has 310 valence electrons. The van der Waals surface area contributed by atoms with Crippen LogP contribution in [0.15, 0.2) is 128 Å². The Hall–Kier alpha value is -6.20. The lowest BCUT2D eigenvalue weighted by molar-refractivity contribution is 0.562. The van der Waals surface area contributed by atoms with E-state index < -0.39 is 0 Å². The third-order valence-electron chi connectivity index (χ3n) is 14.7. The Morgan fingerprint density at radius 2 is 1.02 bits per heavy atom. The lowest BCUT2D eigenvalue weighted by Crippen LogP contribution is -2.39. The zero-order chi connectivity index (χ0) is 43.5. The van der Waals surface area contributed by atoms with Crippen LogP contribution in [-0.4, -0.2) is 14.5 Å². The summed E-state index contributed by atoms with van der Waals surface area (Å²) < 4.78 is 2.44. The number of anilines is 6. The van der Waals surface area contributed by atoms with Gasteiger partial charge >= 0.3 is 0 Å². The van der Waals surface area contributed by atoms with Crippen LogP contribution in [0.5, 0.6) is 0 Å². The molecule has 6 heterocycles. The number of para-hydroxylation sites is 1. The number of aromatic nitrogens is 3. The van der Waals surface area contributed by atoms with Gasteiger partial charge in [-0.15, -0.1) is 0 Å². The molecule has 5 heteroatoms. The van der Waals surface area contributed by atoms with E-state index in [9.17, 15) is 0 Å².